The highest BCUT2D eigenvalue weighted by atomic mass is 32.2. The molecule has 1 saturated heterocycles. The fraction of sp³-hybridized carbons (Fsp3) is 0.250. The molecule has 2 aromatic carbocycles. The van der Waals surface area contributed by atoms with E-state index in [2.05, 4.69) is 17.4 Å². The number of benzene rings is 2. The van der Waals surface area contributed by atoms with E-state index in [4.69, 9.17) is 0 Å². The lowest BCUT2D eigenvalue weighted by Gasteiger charge is -2.26. The summed E-state index contributed by atoms with van der Waals surface area (Å²) in [6.07, 6.45) is 2.78. The molecule has 0 aromatic heterocycles. The average molecular weight is 385 g/mol. The van der Waals surface area contributed by atoms with Crippen LogP contribution in [0.25, 0.3) is 5.70 Å². The first-order valence-corrected chi connectivity index (χ1v) is 10.3. The van der Waals surface area contributed by atoms with Crippen LogP contribution in [0.3, 0.4) is 0 Å². The summed E-state index contributed by atoms with van der Waals surface area (Å²) in [5, 5.41) is 0. The Morgan fingerprint density at radius 1 is 0.889 bits per heavy atom. The molecular formula is C20H23N3O3S. The number of rotatable bonds is 6. The predicted octanol–water partition coefficient (Wildman–Crippen LogP) is 2.77. The number of nitrogens with zero attached hydrogens (tertiary/aromatic N) is 1. The second-order valence-electron chi connectivity index (χ2n) is 6.42. The fourth-order valence-corrected chi connectivity index (χ4v) is 4.53. The van der Waals surface area contributed by atoms with Crippen LogP contribution >= 0.6 is 0 Å². The molecular weight excluding hydrogens is 362 g/mol. The second-order valence-corrected chi connectivity index (χ2v) is 8.35. The normalized spacial score (nSPS) is 15.1. The molecule has 0 saturated carbocycles. The van der Waals surface area contributed by atoms with Crippen LogP contribution in [0.15, 0.2) is 66.1 Å². The Hall–Kier alpha value is -2.64. The summed E-state index contributed by atoms with van der Waals surface area (Å²) >= 11 is 0. The smallest absolute Gasteiger partial charge is 0.269 e. The number of piperidine rings is 1. The van der Waals surface area contributed by atoms with E-state index in [0.29, 0.717) is 18.8 Å². The topological polar surface area (TPSA) is 78.5 Å². The lowest BCUT2D eigenvalue weighted by molar-refractivity contribution is 0.0942. The number of hydrazine groups is 1. The molecule has 1 fully saturated rings. The minimum Gasteiger partial charge on any atom is -0.298 e. The van der Waals surface area contributed by atoms with Crippen molar-refractivity contribution in [3.8, 4) is 0 Å². The van der Waals surface area contributed by atoms with Crippen molar-refractivity contribution in [2.45, 2.75) is 24.2 Å². The Kier molecular flexibility index (Phi) is 5.93. The largest absolute Gasteiger partial charge is 0.298 e. The van der Waals surface area contributed by atoms with Crippen molar-refractivity contribution in [3.63, 3.8) is 0 Å². The Balaban J connectivity index is 1.69. The molecule has 1 heterocycles. The second kappa shape index (κ2) is 8.37. The minimum atomic E-state index is -3.58. The van der Waals surface area contributed by atoms with Crippen molar-refractivity contribution in [1.29, 1.82) is 0 Å². The summed E-state index contributed by atoms with van der Waals surface area (Å²) in [6, 6.07) is 15.5. The highest BCUT2D eigenvalue weighted by molar-refractivity contribution is 7.89. The number of hydrogen-bond acceptors (Lipinski definition) is 4. The number of carbonyl (C=O) groups is 1. The molecule has 2 N–H and O–H groups in total. The fourth-order valence-electron chi connectivity index (χ4n) is 2.97. The van der Waals surface area contributed by atoms with Crippen LogP contribution in [0, 0.1) is 0 Å². The van der Waals surface area contributed by atoms with Gasteiger partial charge in [0.05, 0.1) is 10.6 Å². The van der Waals surface area contributed by atoms with E-state index in [9.17, 15) is 13.2 Å². The SMILES string of the molecule is C=C(NNC(=O)c1cccc(S(=O)(=O)N2CCCCC2)c1)c1ccccc1. The van der Waals surface area contributed by atoms with E-state index in [1.165, 1.54) is 16.4 Å². The highest BCUT2D eigenvalue weighted by Crippen LogP contribution is 2.21. The molecule has 0 atom stereocenters. The van der Waals surface area contributed by atoms with Gasteiger partial charge in [0.25, 0.3) is 5.91 Å². The zero-order valence-corrected chi connectivity index (χ0v) is 15.8. The standard InChI is InChI=1S/C20H23N3O3S/c1-16(17-9-4-2-5-10-17)21-22-20(24)18-11-8-12-19(15-18)27(25,26)23-13-6-3-7-14-23/h2,4-5,8-12,15,21H,1,3,6-7,13-14H2,(H,22,24). The molecule has 0 spiro atoms. The first kappa shape index (κ1) is 19.1. The third-order valence-electron chi connectivity index (χ3n) is 4.50. The highest BCUT2D eigenvalue weighted by Gasteiger charge is 2.26. The van der Waals surface area contributed by atoms with Crippen LogP contribution in [0.2, 0.25) is 0 Å². The van der Waals surface area contributed by atoms with Crippen LogP contribution in [-0.2, 0) is 10.0 Å². The first-order valence-electron chi connectivity index (χ1n) is 8.89. The quantitative estimate of drug-likeness (QED) is 0.750. The van der Waals surface area contributed by atoms with Gasteiger partial charge in [-0.05, 0) is 36.6 Å². The van der Waals surface area contributed by atoms with Gasteiger partial charge in [0, 0.05) is 18.7 Å². The molecule has 0 unspecified atom stereocenters. The van der Waals surface area contributed by atoms with Crippen LogP contribution < -0.4 is 10.9 Å². The van der Waals surface area contributed by atoms with Gasteiger partial charge in [-0.3, -0.25) is 15.6 Å². The Bertz CT molecular complexity index is 920. The molecule has 3 rings (SSSR count). The molecule has 2 aromatic rings. The van der Waals surface area contributed by atoms with Crippen molar-refractivity contribution < 1.29 is 13.2 Å². The monoisotopic (exact) mass is 385 g/mol. The number of carbonyl (C=O) groups excluding carboxylic acids is 1. The number of sulfonamides is 1. The van der Waals surface area contributed by atoms with Gasteiger partial charge < -0.3 is 0 Å². The molecule has 7 heteroatoms. The van der Waals surface area contributed by atoms with E-state index in [1.807, 2.05) is 30.3 Å². The lowest BCUT2D eigenvalue weighted by Crippen LogP contribution is -2.37. The summed E-state index contributed by atoms with van der Waals surface area (Å²) < 4.78 is 27.0. The average Bonchev–Trinajstić information content (AvgIpc) is 2.73. The third-order valence-corrected chi connectivity index (χ3v) is 6.39. The zero-order valence-electron chi connectivity index (χ0n) is 15.0. The molecule has 27 heavy (non-hydrogen) atoms. The minimum absolute atomic E-state index is 0.138. The van der Waals surface area contributed by atoms with Gasteiger partial charge in [-0.1, -0.05) is 49.4 Å². The van der Waals surface area contributed by atoms with Gasteiger partial charge in [-0.15, -0.1) is 0 Å². The van der Waals surface area contributed by atoms with E-state index < -0.39 is 15.9 Å². The summed E-state index contributed by atoms with van der Waals surface area (Å²) in [5.41, 5.74) is 6.98. The number of amides is 1. The molecule has 6 nitrogen and oxygen atoms in total. The number of hydrogen-bond donors (Lipinski definition) is 2. The molecule has 0 aliphatic carbocycles. The summed E-state index contributed by atoms with van der Waals surface area (Å²) in [7, 11) is -3.58. The van der Waals surface area contributed by atoms with Crippen molar-refractivity contribution in [3.05, 3.63) is 72.3 Å². The van der Waals surface area contributed by atoms with Crippen LogP contribution in [0.1, 0.15) is 35.2 Å². The third kappa shape index (κ3) is 4.56. The van der Waals surface area contributed by atoms with Crippen molar-refractivity contribution in [2.24, 2.45) is 0 Å². The van der Waals surface area contributed by atoms with Gasteiger partial charge in [0.15, 0.2) is 0 Å². The summed E-state index contributed by atoms with van der Waals surface area (Å²) in [5.74, 6) is -0.428. The Labute approximate surface area is 159 Å². The van der Waals surface area contributed by atoms with Gasteiger partial charge in [-0.2, -0.15) is 4.31 Å². The van der Waals surface area contributed by atoms with E-state index in [1.54, 1.807) is 12.1 Å². The molecule has 1 aliphatic rings. The molecule has 0 radical (unpaired) electrons. The van der Waals surface area contributed by atoms with Gasteiger partial charge >= 0.3 is 0 Å². The predicted molar refractivity (Wildman–Crippen MR) is 105 cm³/mol. The van der Waals surface area contributed by atoms with E-state index >= 15 is 0 Å². The summed E-state index contributed by atoms with van der Waals surface area (Å²) in [4.78, 5) is 12.6. The molecule has 142 valence electrons. The van der Waals surface area contributed by atoms with Crippen molar-refractivity contribution in [2.75, 3.05) is 13.1 Å². The van der Waals surface area contributed by atoms with Crippen LogP contribution in [0.5, 0.6) is 0 Å². The van der Waals surface area contributed by atoms with Crippen LogP contribution in [0.4, 0.5) is 0 Å². The van der Waals surface area contributed by atoms with E-state index in [-0.39, 0.29) is 10.5 Å². The van der Waals surface area contributed by atoms with E-state index in [0.717, 1.165) is 24.8 Å². The maximum atomic E-state index is 12.8. The summed E-state index contributed by atoms with van der Waals surface area (Å²) in [6.45, 7) is 4.93. The van der Waals surface area contributed by atoms with Crippen molar-refractivity contribution in [1.82, 2.24) is 15.2 Å². The molecule has 0 bridgehead atoms. The first-order chi connectivity index (χ1) is 13.0. The Morgan fingerprint density at radius 3 is 2.26 bits per heavy atom. The van der Waals surface area contributed by atoms with Crippen molar-refractivity contribution >= 4 is 21.6 Å². The number of nitrogens with one attached hydrogen (secondary N) is 2. The van der Waals surface area contributed by atoms with Crippen LogP contribution in [-0.4, -0.2) is 31.7 Å². The van der Waals surface area contributed by atoms with Gasteiger partial charge in [0.1, 0.15) is 0 Å². The maximum absolute atomic E-state index is 12.8. The van der Waals surface area contributed by atoms with Gasteiger partial charge in [0.2, 0.25) is 10.0 Å². The Morgan fingerprint density at radius 2 is 1.56 bits per heavy atom. The maximum Gasteiger partial charge on any atom is 0.269 e. The zero-order chi connectivity index (χ0) is 19.3. The lowest BCUT2D eigenvalue weighted by atomic mass is 10.2. The molecule has 1 amide bonds. The molecule has 1 aliphatic heterocycles. The van der Waals surface area contributed by atoms with Gasteiger partial charge in [-0.25, -0.2) is 8.42 Å².